The van der Waals surface area contributed by atoms with Crippen molar-refractivity contribution in [3.63, 3.8) is 0 Å². The minimum atomic E-state index is -1.05. The molecular weight excluding hydrogens is 206 g/mol. The first-order valence-electron chi connectivity index (χ1n) is 5.31. The van der Waals surface area contributed by atoms with E-state index in [1.165, 1.54) is 6.20 Å². The maximum atomic E-state index is 10.7. The van der Waals surface area contributed by atoms with Crippen molar-refractivity contribution >= 4 is 11.8 Å². The summed E-state index contributed by atoms with van der Waals surface area (Å²) in [6, 6.07) is 0. The first-order chi connectivity index (χ1) is 7.54. The minimum Gasteiger partial charge on any atom is -0.476 e. The van der Waals surface area contributed by atoms with E-state index in [2.05, 4.69) is 23.8 Å². The van der Waals surface area contributed by atoms with Crippen LogP contribution in [0.15, 0.2) is 12.4 Å². The summed E-state index contributed by atoms with van der Waals surface area (Å²) in [5, 5.41) is 8.80. The molecule has 16 heavy (non-hydrogen) atoms. The van der Waals surface area contributed by atoms with Crippen LogP contribution in [0.4, 0.5) is 5.82 Å². The maximum absolute atomic E-state index is 10.7. The van der Waals surface area contributed by atoms with Crippen LogP contribution in [0.5, 0.6) is 0 Å². The minimum absolute atomic E-state index is 0.0199. The lowest BCUT2D eigenvalue weighted by molar-refractivity contribution is 0.0690. The predicted molar refractivity (Wildman–Crippen MR) is 61.7 cm³/mol. The second kappa shape index (κ2) is 5.44. The maximum Gasteiger partial charge on any atom is 0.356 e. The van der Waals surface area contributed by atoms with Gasteiger partial charge < -0.3 is 10.0 Å². The van der Waals surface area contributed by atoms with Crippen molar-refractivity contribution in [1.29, 1.82) is 0 Å². The smallest absolute Gasteiger partial charge is 0.356 e. The zero-order chi connectivity index (χ0) is 12.1. The Labute approximate surface area is 95.1 Å². The lowest BCUT2D eigenvalue weighted by Gasteiger charge is -2.21. The van der Waals surface area contributed by atoms with Gasteiger partial charge >= 0.3 is 5.97 Å². The van der Waals surface area contributed by atoms with Gasteiger partial charge in [0, 0.05) is 13.6 Å². The fourth-order valence-corrected chi connectivity index (χ4v) is 1.33. The van der Waals surface area contributed by atoms with Crippen LogP contribution in [0.3, 0.4) is 0 Å². The van der Waals surface area contributed by atoms with Crippen molar-refractivity contribution in [2.24, 2.45) is 5.92 Å². The van der Waals surface area contributed by atoms with Gasteiger partial charge in [0.05, 0.1) is 12.4 Å². The summed E-state index contributed by atoms with van der Waals surface area (Å²) < 4.78 is 0. The normalized spacial score (nSPS) is 12.2. The third-order valence-electron chi connectivity index (χ3n) is 2.51. The van der Waals surface area contributed by atoms with Gasteiger partial charge in [-0.2, -0.15) is 0 Å². The molecule has 0 bridgehead atoms. The van der Waals surface area contributed by atoms with Crippen LogP contribution < -0.4 is 4.90 Å². The van der Waals surface area contributed by atoms with Crippen molar-refractivity contribution in [3.8, 4) is 0 Å². The third-order valence-corrected chi connectivity index (χ3v) is 2.51. The molecule has 1 heterocycles. The largest absolute Gasteiger partial charge is 0.476 e. The molecule has 0 spiro atoms. The lowest BCUT2D eigenvalue weighted by atomic mass is 10.1. The third kappa shape index (κ3) is 3.18. The fourth-order valence-electron chi connectivity index (χ4n) is 1.33. The van der Waals surface area contributed by atoms with Crippen LogP contribution in [0, 0.1) is 5.92 Å². The number of carboxylic acid groups (broad SMARTS) is 1. The number of rotatable bonds is 5. The number of nitrogens with zero attached hydrogens (tertiary/aromatic N) is 3. The molecule has 1 rings (SSSR count). The summed E-state index contributed by atoms with van der Waals surface area (Å²) in [4.78, 5) is 20.6. The molecule has 0 radical (unpaired) electrons. The van der Waals surface area contributed by atoms with Crippen LogP contribution >= 0.6 is 0 Å². The highest BCUT2D eigenvalue weighted by Gasteiger charge is 2.10. The Kier molecular flexibility index (Phi) is 4.22. The lowest BCUT2D eigenvalue weighted by Crippen LogP contribution is -2.25. The molecule has 0 saturated heterocycles. The summed E-state index contributed by atoms with van der Waals surface area (Å²) >= 11 is 0. The first kappa shape index (κ1) is 12.4. The van der Waals surface area contributed by atoms with E-state index in [1.807, 2.05) is 11.9 Å². The van der Waals surface area contributed by atoms with Crippen LogP contribution in [-0.2, 0) is 0 Å². The van der Waals surface area contributed by atoms with E-state index in [1.54, 1.807) is 6.20 Å². The zero-order valence-electron chi connectivity index (χ0n) is 9.84. The Balaban J connectivity index is 2.79. The van der Waals surface area contributed by atoms with Gasteiger partial charge in [0.1, 0.15) is 5.82 Å². The van der Waals surface area contributed by atoms with Gasteiger partial charge in [-0.05, 0) is 5.92 Å². The van der Waals surface area contributed by atoms with E-state index in [-0.39, 0.29) is 5.69 Å². The summed E-state index contributed by atoms with van der Waals surface area (Å²) in [6.07, 6.45) is 3.91. The number of hydrogen-bond acceptors (Lipinski definition) is 4. The Morgan fingerprint density at radius 1 is 1.56 bits per heavy atom. The van der Waals surface area contributed by atoms with Crippen molar-refractivity contribution < 1.29 is 9.90 Å². The molecule has 0 saturated carbocycles. The van der Waals surface area contributed by atoms with Crippen molar-refractivity contribution in [3.05, 3.63) is 18.1 Å². The summed E-state index contributed by atoms with van der Waals surface area (Å²) in [5.41, 5.74) is -0.0199. The Morgan fingerprint density at radius 3 is 2.81 bits per heavy atom. The fraction of sp³-hybridized carbons (Fsp3) is 0.545. The van der Waals surface area contributed by atoms with E-state index >= 15 is 0 Å². The molecule has 1 unspecified atom stereocenters. The monoisotopic (exact) mass is 223 g/mol. The average Bonchev–Trinajstić information content (AvgIpc) is 2.28. The molecule has 88 valence electrons. The first-order valence-corrected chi connectivity index (χ1v) is 5.31. The van der Waals surface area contributed by atoms with E-state index < -0.39 is 5.97 Å². The second-order valence-electron chi connectivity index (χ2n) is 3.96. The number of aromatic carboxylic acids is 1. The Morgan fingerprint density at radius 2 is 2.25 bits per heavy atom. The molecule has 0 amide bonds. The van der Waals surface area contributed by atoms with E-state index in [9.17, 15) is 4.79 Å². The Bertz CT molecular complexity index is 368. The van der Waals surface area contributed by atoms with Crippen molar-refractivity contribution in [1.82, 2.24) is 9.97 Å². The molecule has 0 aliphatic rings. The van der Waals surface area contributed by atoms with Gasteiger partial charge in [-0.25, -0.2) is 9.78 Å². The van der Waals surface area contributed by atoms with Gasteiger partial charge in [-0.1, -0.05) is 20.3 Å². The molecule has 1 atom stereocenters. The van der Waals surface area contributed by atoms with Gasteiger partial charge in [0.25, 0.3) is 0 Å². The number of anilines is 1. The predicted octanol–water partition coefficient (Wildman–Crippen LogP) is 1.66. The van der Waals surface area contributed by atoms with Crippen LogP contribution in [0.2, 0.25) is 0 Å². The topological polar surface area (TPSA) is 66.3 Å². The molecule has 5 nitrogen and oxygen atoms in total. The zero-order valence-corrected chi connectivity index (χ0v) is 9.84. The van der Waals surface area contributed by atoms with Gasteiger partial charge in [0.2, 0.25) is 0 Å². The van der Waals surface area contributed by atoms with Crippen LogP contribution in [0.1, 0.15) is 30.8 Å². The van der Waals surface area contributed by atoms with E-state index in [0.29, 0.717) is 11.7 Å². The summed E-state index contributed by atoms with van der Waals surface area (Å²) in [7, 11) is 1.89. The highest BCUT2D eigenvalue weighted by molar-refractivity contribution is 5.85. The highest BCUT2D eigenvalue weighted by Crippen LogP contribution is 2.11. The molecule has 1 aromatic heterocycles. The van der Waals surface area contributed by atoms with E-state index in [0.717, 1.165) is 13.0 Å². The number of aromatic nitrogens is 2. The molecule has 0 fully saturated rings. The molecule has 0 aliphatic carbocycles. The number of carbonyl (C=O) groups is 1. The summed E-state index contributed by atoms with van der Waals surface area (Å²) in [6.45, 7) is 5.11. The van der Waals surface area contributed by atoms with Crippen LogP contribution in [-0.4, -0.2) is 34.6 Å². The quantitative estimate of drug-likeness (QED) is 0.822. The summed E-state index contributed by atoms with van der Waals surface area (Å²) in [5.74, 6) is 0.0896. The van der Waals surface area contributed by atoms with Gasteiger partial charge in [-0.15, -0.1) is 0 Å². The molecule has 0 aliphatic heterocycles. The van der Waals surface area contributed by atoms with Crippen molar-refractivity contribution in [2.75, 3.05) is 18.5 Å². The SMILES string of the molecule is CCC(C)CN(C)c1cncc(C(=O)O)n1. The van der Waals surface area contributed by atoms with Gasteiger partial charge in [-0.3, -0.25) is 4.98 Å². The van der Waals surface area contributed by atoms with Gasteiger partial charge in [0.15, 0.2) is 5.69 Å². The number of hydrogen-bond donors (Lipinski definition) is 1. The molecule has 1 N–H and O–H groups in total. The number of carboxylic acids is 1. The highest BCUT2D eigenvalue weighted by atomic mass is 16.4. The average molecular weight is 223 g/mol. The standard InChI is InChI=1S/C11H17N3O2/c1-4-8(2)7-14(3)10-6-12-5-9(13-10)11(15)16/h5-6,8H,4,7H2,1-3H3,(H,15,16). The molecule has 1 aromatic rings. The molecular formula is C11H17N3O2. The van der Waals surface area contributed by atoms with Crippen molar-refractivity contribution in [2.45, 2.75) is 20.3 Å². The molecule has 0 aromatic carbocycles. The molecule has 5 heteroatoms. The Hall–Kier alpha value is -1.65. The van der Waals surface area contributed by atoms with Crippen LogP contribution in [0.25, 0.3) is 0 Å². The second-order valence-corrected chi connectivity index (χ2v) is 3.96. The van der Waals surface area contributed by atoms with E-state index in [4.69, 9.17) is 5.11 Å².